The molecule has 0 saturated carbocycles. The summed E-state index contributed by atoms with van der Waals surface area (Å²) < 4.78 is 23.8. The third kappa shape index (κ3) is 3.89. The van der Waals surface area contributed by atoms with Crippen LogP contribution in [0.1, 0.15) is 0 Å². The summed E-state index contributed by atoms with van der Waals surface area (Å²) in [6, 6.07) is 6.51. The van der Waals surface area contributed by atoms with Gasteiger partial charge in [0, 0.05) is 46.1 Å². The quantitative estimate of drug-likeness (QED) is 0.849. The lowest BCUT2D eigenvalue weighted by molar-refractivity contribution is -0.00461. The molecule has 0 aliphatic carbocycles. The van der Waals surface area contributed by atoms with E-state index in [4.69, 9.17) is 9.47 Å². The highest BCUT2D eigenvalue weighted by molar-refractivity contribution is 5.42. The van der Waals surface area contributed by atoms with Crippen LogP contribution in [0, 0.1) is 5.82 Å². The molecule has 1 N–H and O–H groups in total. The number of nitrogens with one attached hydrogen (secondary N) is 1. The van der Waals surface area contributed by atoms with Crippen molar-refractivity contribution in [3.63, 3.8) is 0 Å². The van der Waals surface area contributed by atoms with Gasteiger partial charge in [-0.1, -0.05) is 6.07 Å². The minimum Gasteiger partial charge on any atom is -0.384 e. The zero-order valence-corrected chi connectivity index (χ0v) is 11.4. The lowest BCUT2D eigenvalue weighted by Gasteiger charge is -2.15. The van der Waals surface area contributed by atoms with E-state index in [1.807, 2.05) is 6.07 Å². The number of hydrogen-bond donors (Lipinski definition) is 1. The van der Waals surface area contributed by atoms with Crippen molar-refractivity contribution in [2.24, 2.45) is 0 Å². The topological polar surface area (TPSA) is 33.7 Å². The molecular formula is C14H21FN2O2. The molecule has 1 aromatic carbocycles. The third-order valence-corrected chi connectivity index (χ3v) is 3.48. The van der Waals surface area contributed by atoms with Gasteiger partial charge in [0.1, 0.15) is 5.82 Å². The molecule has 2 unspecified atom stereocenters. The van der Waals surface area contributed by atoms with E-state index in [0.717, 1.165) is 31.9 Å². The minimum absolute atomic E-state index is 0.138. The van der Waals surface area contributed by atoms with E-state index in [1.54, 1.807) is 20.3 Å². The Balaban J connectivity index is 1.75. The van der Waals surface area contributed by atoms with Crippen molar-refractivity contribution in [2.45, 2.75) is 12.2 Å². The van der Waals surface area contributed by atoms with Crippen molar-refractivity contribution in [3.05, 3.63) is 30.1 Å². The molecule has 5 heteroatoms. The Kier molecular flexibility index (Phi) is 5.13. The molecule has 106 valence electrons. The molecule has 19 heavy (non-hydrogen) atoms. The number of nitrogens with zero attached hydrogens (tertiary/aromatic N) is 1. The van der Waals surface area contributed by atoms with Crippen LogP contribution >= 0.6 is 0 Å². The summed E-state index contributed by atoms with van der Waals surface area (Å²) in [4.78, 5) is 2.29. The van der Waals surface area contributed by atoms with Gasteiger partial charge in [-0.15, -0.1) is 0 Å². The highest BCUT2D eigenvalue weighted by Crippen LogP contribution is 2.15. The molecule has 1 heterocycles. The van der Waals surface area contributed by atoms with Crippen molar-refractivity contribution in [1.29, 1.82) is 0 Å². The maximum absolute atomic E-state index is 13.0. The standard InChI is InChI=1S/C14H21FN2O2/c1-18-13-9-17(10-14(13)19-2)7-6-16-12-5-3-4-11(15)8-12/h3-5,8,13-14,16H,6-7,9-10H2,1-2H3. The van der Waals surface area contributed by atoms with Gasteiger partial charge in [0.2, 0.25) is 0 Å². The maximum atomic E-state index is 13.0. The van der Waals surface area contributed by atoms with Crippen molar-refractivity contribution < 1.29 is 13.9 Å². The summed E-state index contributed by atoms with van der Waals surface area (Å²) in [6.45, 7) is 3.41. The van der Waals surface area contributed by atoms with Crippen LogP contribution in [0.5, 0.6) is 0 Å². The normalized spacial score (nSPS) is 23.7. The number of anilines is 1. The van der Waals surface area contributed by atoms with Crippen LogP contribution in [0.3, 0.4) is 0 Å². The fourth-order valence-electron chi connectivity index (χ4n) is 2.41. The summed E-state index contributed by atoms with van der Waals surface area (Å²) >= 11 is 0. The summed E-state index contributed by atoms with van der Waals surface area (Å²) in [6.07, 6.45) is 0.276. The van der Waals surface area contributed by atoms with Crippen molar-refractivity contribution in [2.75, 3.05) is 45.7 Å². The first-order valence-electron chi connectivity index (χ1n) is 6.50. The van der Waals surface area contributed by atoms with Crippen molar-refractivity contribution in [1.82, 2.24) is 4.90 Å². The predicted molar refractivity (Wildman–Crippen MR) is 72.9 cm³/mol. The van der Waals surface area contributed by atoms with Gasteiger partial charge in [0.05, 0.1) is 12.2 Å². The Bertz CT molecular complexity index is 391. The van der Waals surface area contributed by atoms with E-state index in [-0.39, 0.29) is 18.0 Å². The molecule has 1 saturated heterocycles. The molecule has 2 atom stereocenters. The van der Waals surface area contributed by atoms with E-state index < -0.39 is 0 Å². The third-order valence-electron chi connectivity index (χ3n) is 3.48. The summed E-state index contributed by atoms with van der Waals surface area (Å²) in [5, 5.41) is 3.21. The number of hydrogen-bond acceptors (Lipinski definition) is 4. The summed E-state index contributed by atoms with van der Waals surface area (Å²) in [5.74, 6) is -0.218. The van der Waals surface area contributed by atoms with Gasteiger partial charge in [-0.25, -0.2) is 4.39 Å². The van der Waals surface area contributed by atoms with Gasteiger partial charge in [-0.2, -0.15) is 0 Å². The molecule has 1 aromatic rings. The Labute approximate surface area is 113 Å². The first-order chi connectivity index (χ1) is 9.22. The lowest BCUT2D eigenvalue weighted by Crippen LogP contribution is -2.28. The molecule has 1 aliphatic rings. The van der Waals surface area contributed by atoms with Gasteiger partial charge in [-0.3, -0.25) is 4.90 Å². The van der Waals surface area contributed by atoms with Gasteiger partial charge in [-0.05, 0) is 18.2 Å². The lowest BCUT2D eigenvalue weighted by atomic mass is 10.3. The van der Waals surface area contributed by atoms with Crippen LogP contribution in [0.2, 0.25) is 0 Å². The summed E-state index contributed by atoms with van der Waals surface area (Å²) in [7, 11) is 3.43. The summed E-state index contributed by atoms with van der Waals surface area (Å²) in [5.41, 5.74) is 0.811. The average molecular weight is 268 g/mol. The Morgan fingerprint density at radius 3 is 2.53 bits per heavy atom. The number of benzene rings is 1. The van der Waals surface area contributed by atoms with E-state index in [2.05, 4.69) is 10.2 Å². The van der Waals surface area contributed by atoms with Crippen LogP contribution in [0.15, 0.2) is 24.3 Å². The number of rotatable bonds is 6. The van der Waals surface area contributed by atoms with Gasteiger partial charge in [0.25, 0.3) is 0 Å². The molecule has 2 rings (SSSR count). The zero-order chi connectivity index (χ0) is 13.7. The number of likely N-dealkylation sites (tertiary alicyclic amines) is 1. The van der Waals surface area contributed by atoms with Gasteiger partial charge < -0.3 is 14.8 Å². The first kappa shape index (κ1) is 14.2. The van der Waals surface area contributed by atoms with Gasteiger partial charge in [0.15, 0.2) is 0 Å². The SMILES string of the molecule is COC1CN(CCNc2cccc(F)c2)CC1OC. The smallest absolute Gasteiger partial charge is 0.125 e. The molecular weight excluding hydrogens is 247 g/mol. The van der Waals surface area contributed by atoms with E-state index >= 15 is 0 Å². The molecule has 4 nitrogen and oxygen atoms in total. The Morgan fingerprint density at radius 2 is 1.95 bits per heavy atom. The largest absolute Gasteiger partial charge is 0.384 e. The monoisotopic (exact) mass is 268 g/mol. The van der Waals surface area contributed by atoms with Crippen LogP contribution < -0.4 is 5.32 Å². The number of ether oxygens (including phenoxy) is 2. The van der Waals surface area contributed by atoms with Crippen LogP contribution in [-0.4, -0.2) is 57.5 Å². The van der Waals surface area contributed by atoms with E-state index in [9.17, 15) is 4.39 Å². The van der Waals surface area contributed by atoms with E-state index in [0.29, 0.717) is 0 Å². The zero-order valence-electron chi connectivity index (χ0n) is 11.4. The van der Waals surface area contributed by atoms with E-state index in [1.165, 1.54) is 12.1 Å². The van der Waals surface area contributed by atoms with Gasteiger partial charge >= 0.3 is 0 Å². The second-order valence-electron chi connectivity index (χ2n) is 4.75. The number of halogens is 1. The molecule has 0 aromatic heterocycles. The fourth-order valence-corrected chi connectivity index (χ4v) is 2.41. The highest BCUT2D eigenvalue weighted by Gasteiger charge is 2.32. The fraction of sp³-hybridized carbons (Fsp3) is 0.571. The average Bonchev–Trinajstić information content (AvgIpc) is 2.81. The second-order valence-corrected chi connectivity index (χ2v) is 4.75. The van der Waals surface area contributed by atoms with Crippen LogP contribution in [-0.2, 0) is 9.47 Å². The van der Waals surface area contributed by atoms with Crippen molar-refractivity contribution in [3.8, 4) is 0 Å². The second kappa shape index (κ2) is 6.84. The van der Waals surface area contributed by atoms with Crippen LogP contribution in [0.25, 0.3) is 0 Å². The predicted octanol–water partition coefficient (Wildman–Crippen LogP) is 1.58. The first-order valence-corrected chi connectivity index (χ1v) is 6.50. The molecule has 0 amide bonds. The minimum atomic E-state index is -0.218. The molecule has 1 fully saturated rings. The Morgan fingerprint density at radius 1 is 1.26 bits per heavy atom. The van der Waals surface area contributed by atoms with Crippen molar-refractivity contribution >= 4 is 5.69 Å². The molecule has 0 radical (unpaired) electrons. The maximum Gasteiger partial charge on any atom is 0.125 e. The number of methoxy groups -OCH3 is 2. The molecule has 0 spiro atoms. The Hall–Kier alpha value is -1.17. The molecule has 0 bridgehead atoms. The molecule has 1 aliphatic heterocycles. The van der Waals surface area contributed by atoms with Crippen LogP contribution in [0.4, 0.5) is 10.1 Å². The highest BCUT2D eigenvalue weighted by atomic mass is 19.1.